The van der Waals surface area contributed by atoms with E-state index in [0.29, 0.717) is 12.1 Å². The van der Waals surface area contributed by atoms with Gasteiger partial charge >= 0.3 is 0 Å². The lowest BCUT2D eigenvalue weighted by Gasteiger charge is -2.43. The van der Waals surface area contributed by atoms with E-state index in [-0.39, 0.29) is 0 Å². The van der Waals surface area contributed by atoms with Crippen LogP contribution in [-0.4, -0.2) is 36.7 Å². The summed E-state index contributed by atoms with van der Waals surface area (Å²) in [5.41, 5.74) is 1.34. The van der Waals surface area contributed by atoms with E-state index in [9.17, 15) is 0 Å². The summed E-state index contributed by atoms with van der Waals surface area (Å²) >= 11 is 0. The summed E-state index contributed by atoms with van der Waals surface area (Å²) in [6.45, 7) is 7.00. The summed E-state index contributed by atoms with van der Waals surface area (Å²) < 4.78 is 11.6. The Morgan fingerprint density at radius 1 is 1.33 bits per heavy atom. The molecule has 0 radical (unpaired) electrons. The van der Waals surface area contributed by atoms with Crippen LogP contribution in [0.3, 0.4) is 0 Å². The lowest BCUT2D eigenvalue weighted by atomic mass is 9.90. The third-order valence-corrected chi connectivity index (χ3v) is 4.77. The van der Waals surface area contributed by atoms with Gasteiger partial charge in [-0.3, -0.25) is 4.90 Å². The maximum atomic E-state index is 5.96. The monoisotopic (exact) mass is 292 g/mol. The van der Waals surface area contributed by atoms with Crippen LogP contribution >= 0.6 is 0 Å². The highest BCUT2D eigenvalue weighted by Gasteiger charge is 2.34. The SMILES string of the molecule is CCCNCc1occc1CN1CCOC2CCCCC21. The first kappa shape index (κ1) is 15.1. The average molecular weight is 292 g/mol. The van der Waals surface area contributed by atoms with E-state index in [4.69, 9.17) is 9.15 Å². The van der Waals surface area contributed by atoms with Gasteiger partial charge in [0.1, 0.15) is 5.76 Å². The molecule has 0 spiro atoms. The summed E-state index contributed by atoms with van der Waals surface area (Å²) in [4.78, 5) is 2.61. The summed E-state index contributed by atoms with van der Waals surface area (Å²) in [5, 5.41) is 3.43. The van der Waals surface area contributed by atoms with E-state index >= 15 is 0 Å². The van der Waals surface area contributed by atoms with Crippen molar-refractivity contribution in [3.05, 3.63) is 23.7 Å². The number of nitrogens with one attached hydrogen (secondary N) is 1. The molecule has 1 saturated heterocycles. The second kappa shape index (κ2) is 7.43. The van der Waals surface area contributed by atoms with Gasteiger partial charge in [-0.25, -0.2) is 0 Å². The quantitative estimate of drug-likeness (QED) is 0.818. The minimum absolute atomic E-state index is 0.459. The molecule has 4 nitrogen and oxygen atoms in total. The average Bonchev–Trinajstić information content (AvgIpc) is 2.95. The molecule has 1 aliphatic carbocycles. The van der Waals surface area contributed by atoms with E-state index in [2.05, 4.69) is 23.2 Å². The van der Waals surface area contributed by atoms with Gasteiger partial charge < -0.3 is 14.5 Å². The zero-order valence-corrected chi connectivity index (χ0v) is 13.1. The number of ether oxygens (including phenoxy) is 1. The van der Waals surface area contributed by atoms with E-state index < -0.39 is 0 Å². The van der Waals surface area contributed by atoms with Crippen LogP contribution in [-0.2, 0) is 17.8 Å². The topological polar surface area (TPSA) is 37.6 Å². The number of morpholine rings is 1. The minimum atomic E-state index is 0.459. The van der Waals surface area contributed by atoms with E-state index in [1.165, 1.54) is 31.2 Å². The lowest BCUT2D eigenvalue weighted by molar-refractivity contribution is -0.0912. The van der Waals surface area contributed by atoms with Crippen LogP contribution in [0.25, 0.3) is 0 Å². The van der Waals surface area contributed by atoms with Crippen molar-refractivity contribution in [3.63, 3.8) is 0 Å². The summed E-state index contributed by atoms with van der Waals surface area (Å²) in [7, 11) is 0. The van der Waals surface area contributed by atoms with Crippen molar-refractivity contribution < 1.29 is 9.15 Å². The molecule has 1 aromatic heterocycles. The van der Waals surface area contributed by atoms with Crippen LogP contribution in [0.1, 0.15) is 50.4 Å². The van der Waals surface area contributed by atoms with E-state index in [1.807, 2.05) is 6.26 Å². The minimum Gasteiger partial charge on any atom is -0.468 e. The van der Waals surface area contributed by atoms with Crippen LogP contribution in [0.5, 0.6) is 0 Å². The number of furan rings is 1. The molecule has 0 bridgehead atoms. The Labute approximate surface area is 127 Å². The van der Waals surface area contributed by atoms with Crippen molar-refractivity contribution in [2.24, 2.45) is 0 Å². The van der Waals surface area contributed by atoms with Gasteiger partial charge in [-0.2, -0.15) is 0 Å². The molecule has 2 atom stereocenters. The molecule has 0 aromatic carbocycles. The third kappa shape index (κ3) is 3.68. The van der Waals surface area contributed by atoms with Crippen LogP contribution in [0.2, 0.25) is 0 Å². The summed E-state index contributed by atoms with van der Waals surface area (Å²) in [6.07, 6.45) is 8.63. The standard InChI is InChI=1S/C17H28N2O2/c1-2-8-18-12-17-14(7-10-20-17)13-19-9-11-21-16-6-4-3-5-15(16)19/h7,10,15-16,18H,2-6,8-9,11-13H2,1H3. The van der Waals surface area contributed by atoms with Gasteiger partial charge in [-0.1, -0.05) is 19.8 Å². The zero-order chi connectivity index (χ0) is 14.5. The molecule has 118 valence electrons. The molecule has 0 amide bonds. The zero-order valence-electron chi connectivity index (χ0n) is 13.1. The predicted octanol–water partition coefficient (Wildman–Crippen LogP) is 2.92. The molecule has 2 fully saturated rings. The highest BCUT2D eigenvalue weighted by atomic mass is 16.5. The molecule has 1 N–H and O–H groups in total. The first-order valence-corrected chi connectivity index (χ1v) is 8.50. The van der Waals surface area contributed by atoms with Gasteiger partial charge in [0, 0.05) is 24.7 Å². The van der Waals surface area contributed by atoms with Crippen LogP contribution in [0.4, 0.5) is 0 Å². The second-order valence-corrected chi connectivity index (χ2v) is 6.28. The highest BCUT2D eigenvalue weighted by molar-refractivity contribution is 5.17. The molecule has 1 aliphatic heterocycles. The van der Waals surface area contributed by atoms with Crippen LogP contribution in [0.15, 0.2) is 16.7 Å². The lowest BCUT2D eigenvalue weighted by Crippen LogP contribution is -2.52. The van der Waals surface area contributed by atoms with Gasteiger partial charge in [-0.15, -0.1) is 0 Å². The molecular formula is C17H28N2O2. The molecule has 4 heteroatoms. The Bertz CT molecular complexity index is 430. The van der Waals surface area contributed by atoms with Gasteiger partial charge in [0.2, 0.25) is 0 Å². The molecule has 2 aliphatic rings. The third-order valence-electron chi connectivity index (χ3n) is 4.77. The van der Waals surface area contributed by atoms with Crippen molar-refractivity contribution in [3.8, 4) is 0 Å². The van der Waals surface area contributed by atoms with Crippen molar-refractivity contribution in [1.29, 1.82) is 0 Å². The van der Waals surface area contributed by atoms with Gasteiger partial charge in [-0.05, 0) is 31.9 Å². The Kier molecular flexibility index (Phi) is 5.33. The molecular weight excluding hydrogens is 264 g/mol. The smallest absolute Gasteiger partial charge is 0.122 e. The molecule has 21 heavy (non-hydrogen) atoms. The van der Waals surface area contributed by atoms with E-state index in [1.54, 1.807) is 0 Å². The molecule has 2 unspecified atom stereocenters. The normalized spacial score (nSPS) is 26.7. The fourth-order valence-electron chi connectivity index (χ4n) is 3.63. The van der Waals surface area contributed by atoms with Crippen molar-refractivity contribution >= 4 is 0 Å². The first-order valence-electron chi connectivity index (χ1n) is 8.50. The molecule has 3 rings (SSSR count). The number of nitrogens with zero attached hydrogens (tertiary/aromatic N) is 1. The van der Waals surface area contributed by atoms with E-state index in [0.717, 1.165) is 45.0 Å². The van der Waals surface area contributed by atoms with Gasteiger partial charge in [0.05, 0.1) is 25.5 Å². The maximum Gasteiger partial charge on any atom is 0.122 e. The maximum absolute atomic E-state index is 5.96. The van der Waals surface area contributed by atoms with Crippen LogP contribution < -0.4 is 5.32 Å². The van der Waals surface area contributed by atoms with Crippen molar-refractivity contribution in [2.75, 3.05) is 19.7 Å². The molecule has 2 heterocycles. The highest BCUT2D eigenvalue weighted by Crippen LogP contribution is 2.30. The summed E-state index contributed by atoms with van der Waals surface area (Å²) in [5.74, 6) is 1.10. The number of rotatable bonds is 6. The Morgan fingerprint density at radius 2 is 2.24 bits per heavy atom. The molecule has 1 saturated carbocycles. The fourth-order valence-corrected chi connectivity index (χ4v) is 3.63. The Balaban J connectivity index is 1.61. The van der Waals surface area contributed by atoms with Gasteiger partial charge in [0.25, 0.3) is 0 Å². The fraction of sp³-hybridized carbons (Fsp3) is 0.765. The van der Waals surface area contributed by atoms with Crippen LogP contribution in [0, 0.1) is 0 Å². The predicted molar refractivity (Wildman–Crippen MR) is 83.1 cm³/mol. The first-order chi connectivity index (χ1) is 10.4. The number of hydrogen-bond donors (Lipinski definition) is 1. The Hall–Kier alpha value is -0.840. The number of hydrogen-bond acceptors (Lipinski definition) is 4. The van der Waals surface area contributed by atoms with Gasteiger partial charge in [0.15, 0.2) is 0 Å². The Morgan fingerprint density at radius 3 is 3.14 bits per heavy atom. The summed E-state index contributed by atoms with van der Waals surface area (Å²) in [6, 6.07) is 2.75. The van der Waals surface area contributed by atoms with Crippen molar-refractivity contribution in [2.45, 2.75) is 64.3 Å². The second-order valence-electron chi connectivity index (χ2n) is 6.28. The molecule has 1 aromatic rings. The van der Waals surface area contributed by atoms with Crippen molar-refractivity contribution in [1.82, 2.24) is 10.2 Å². The largest absolute Gasteiger partial charge is 0.468 e. The number of fused-ring (bicyclic) bond motifs is 1.